The Kier molecular flexibility index (Phi) is 3.03. The molecule has 0 N–H and O–H groups in total. The molecule has 0 aliphatic carbocycles. The molecule has 1 aromatic heterocycles. The molecule has 76 valence electrons. The third-order valence-corrected chi connectivity index (χ3v) is 3.74. The van der Waals surface area contributed by atoms with Gasteiger partial charge in [-0.05, 0) is 26.3 Å². The molecule has 4 heteroatoms. The number of thioether (sulfide) groups is 1. The summed E-state index contributed by atoms with van der Waals surface area (Å²) in [5.74, 6) is 0. The summed E-state index contributed by atoms with van der Waals surface area (Å²) in [6.07, 6.45) is 3.09. The molecule has 1 aliphatic rings. The molecule has 0 aromatic carbocycles. The molecular formula is C10H14N2OS. The maximum absolute atomic E-state index is 5.50. The second-order valence-corrected chi connectivity index (χ2v) is 4.78. The fourth-order valence-corrected chi connectivity index (χ4v) is 2.66. The van der Waals surface area contributed by atoms with Crippen LogP contribution in [-0.2, 0) is 4.74 Å². The summed E-state index contributed by atoms with van der Waals surface area (Å²) in [7, 11) is 0. The standard InChI is InChI=1S/C10H14N2OS/c1-7-5-10(12-6-11-7)14-9-3-4-13-8(9)2/h5-6,8-9H,3-4H2,1-2H3/t8-,9-/m0/s1. The van der Waals surface area contributed by atoms with E-state index in [-0.39, 0.29) is 0 Å². The second kappa shape index (κ2) is 4.28. The van der Waals surface area contributed by atoms with Crippen LogP contribution in [0.1, 0.15) is 19.0 Å². The van der Waals surface area contributed by atoms with Gasteiger partial charge in [-0.1, -0.05) is 0 Å². The number of nitrogens with zero attached hydrogens (tertiary/aromatic N) is 2. The van der Waals surface area contributed by atoms with Gasteiger partial charge in [-0.3, -0.25) is 0 Å². The van der Waals surface area contributed by atoms with Crippen LogP contribution < -0.4 is 0 Å². The second-order valence-electron chi connectivity index (χ2n) is 3.52. The SMILES string of the molecule is Cc1cc(S[C@H]2CCO[C@H]2C)ncn1. The van der Waals surface area contributed by atoms with Crippen LogP contribution in [0.5, 0.6) is 0 Å². The van der Waals surface area contributed by atoms with E-state index in [1.165, 1.54) is 0 Å². The average molecular weight is 210 g/mol. The number of aryl methyl sites for hydroxylation is 1. The first kappa shape index (κ1) is 9.93. The Morgan fingerprint density at radius 1 is 1.50 bits per heavy atom. The zero-order chi connectivity index (χ0) is 9.97. The van der Waals surface area contributed by atoms with Gasteiger partial charge in [-0.2, -0.15) is 0 Å². The molecule has 0 saturated carbocycles. The Morgan fingerprint density at radius 3 is 3.00 bits per heavy atom. The number of rotatable bonds is 2. The van der Waals surface area contributed by atoms with Crippen LogP contribution in [0, 0.1) is 6.92 Å². The summed E-state index contributed by atoms with van der Waals surface area (Å²) in [4.78, 5) is 8.31. The van der Waals surface area contributed by atoms with E-state index in [0.717, 1.165) is 23.7 Å². The van der Waals surface area contributed by atoms with Crippen molar-refractivity contribution in [3.05, 3.63) is 18.1 Å². The molecule has 0 amide bonds. The lowest BCUT2D eigenvalue weighted by molar-refractivity contribution is 0.127. The lowest BCUT2D eigenvalue weighted by atomic mass is 10.3. The molecule has 2 atom stereocenters. The quantitative estimate of drug-likeness (QED) is 0.700. The predicted octanol–water partition coefficient (Wildman–Crippen LogP) is 2.05. The first-order chi connectivity index (χ1) is 6.75. The van der Waals surface area contributed by atoms with E-state index in [1.807, 2.05) is 13.0 Å². The molecule has 2 rings (SSSR count). The topological polar surface area (TPSA) is 35.0 Å². The van der Waals surface area contributed by atoms with Crippen LogP contribution in [0.25, 0.3) is 0 Å². The minimum Gasteiger partial charge on any atom is -0.377 e. The van der Waals surface area contributed by atoms with Crippen molar-refractivity contribution in [3.63, 3.8) is 0 Å². The van der Waals surface area contributed by atoms with Crippen molar-refractivity contribution in [1.29, 1.82) is 0 Å². The molecule has 2 heterocycles. The first-order valence-corrected chi connectivity index (χ1v) is 5.70. The van der Waals surface area contributed by atoms with Crippen LogP contribution in [-0.4, -0.2) is 27.9 Å². The smallest absolute Gasteiger partial charge is 0.116 e. The molecule has 0 spiro atoms. The van der Waals surface area contributed by atoms with Crippen LogP contribution in [0.4, 0.5) is 0 Å². The third-order valence-electron chi connectivity index (χ3n) is 2.36. The van der Waals surface area contributed by atoms with E-state index in [0.29, 0.717) is 11.4 Å². The normalized spacial score (nSPS) is 26.7. The van der Waals surface area contributed by atoms with E-state index < -0.39 is 0 Å². The summed E-state index contributed by atoms with van der Waals surface area (Å²) in [6.45, 7) is 4.99. The van der Waals surface area contributed by atoms with Crippen molar-refractivity contribution in [3.8, 4) is 0 Å². The zero-order valence-electron chi connectivity index (χ0n) is 8.43. The molecule has 1 fully saturated rings. The Balaban J connectivity index is 2.03. The Hall–Kier alpha value is -0.610. The van der Waals surface area contributed by atoms with E-state index in [2.05, 4.69) is 16.9 Å². The Bertz CT molecular complexity index is 319. The predicted molar refractivity (Wildman–Crippen MR) is 56.4 cm³/mol. The van der Waals surface area contributed by atoms with Gasteiger partial charge in [0.2, 0.25) is 0 Å². The van der Waals surface area contributed by atoms with Gasteiger partial charge >= 0.3 is 0 Å². The lowest BCUT2D eigenvalue weighted by Crippen LogP contribution is -2.13. The van der Waals surface area contributed by atoms with Gasteiger partial charge in [0.1, 0.15) is 6.33 Å². The van der Waals surface area contributed by atoms with E-state index in [9.17, 15) is 0 Å². The number of ether oxygens (including phenoxy) is 1. The zero-order valence-corrected chi connectivity index (χ0v) is 9.25. The van der Waals surface area contributed by atoms with Crippen LogP contribution in [0.15, 0.2) is 17.4 Å². The van der Waals surface area contributed by atoms with Gasteiger partial charge in [-0.15, -0.1) is 11.8 Å². The highest BCUT2D eigenvalue weighted by Crippen LogP contribution is 2.31. The highest BCUT2D eigenvalue weighted by molar-refractivity contribution is 7.99. The summed E-state index contributed by atoms with van der Waals surface area (Å²) in [6, 6.07) is 2.02. The van der Waals surface area contributed by atoms with Crippen LogP contribution >= 0.6 is 11.8 Å². The third kappa shape index (κ3) is 2.25. The summed E-state index contributed by atoms with van der Waals surface area (Å²) in [5.41, 5.74) is 1.02. The molecule has 0 bridgehead atoms. The molecule has 0 radical (unpaired) electrons. The Morgan fingerprint density at radius 2 is 2.36 bits per heavy atom. The van der Waals surface area contributed by atoms with Gasteiger partial charge in [0, 0.05) is 17.6 Å². The van der Waals surface area contributed by atoms with E-state index in [1.54, 1.807) is 18.1 Å². The summed E-state index contributed by atoms with van der Waals surface area (Å²) in [5, 5.41) is 1.60. The van der Waals surface area contributed by atoms with Crippen molar-refractivity contribution in [1.82, 2.24) is 9.97 Å². The number of hydrogen-bond donors (Lipinski definition) is 0. The highest BCUT2D eigenvalue weighted by Gasteiger charge is 2.25. The monoisotopic (exact) mass is 210 g/mol. The van der Waals surface area contributed by atoms with Gasteiger partial charge in [0.15, 0.2) is 0 Å². The average Bonchev–Trinajstić information content (AvgIpc) is 2.52. The van der Waals surface area contributed by atoms with Crippen LogP contribution in [0.2, 0.25) is 0 Å². The molecule has 1 saturated heterocycles. The molecule has 1 aliphatic heterocycles. The van der Waals surface area contributed by atoms with Crippen molar-refractivity contribution >= 4 is 11.8 Å². The minimum atomic E-state index is 0.343. The summed E-state index contributed by atoms with van der Waals surface area (Å²) < 4.78 is 5.50. The number of aromatic nitrogens is 2. The fraction of sp³-hybridized carbons (Fsp3) is 0.600. The lowest BCUT2D eigenvalue weighted by Gasteiger charge is -2.12. The van der Waals surface area contributed by atoms with Crippen molar-refractivity contribution in [2.45, 2.75) is 36.6 Å². The summed E-state index contributed by atoms with van der Waals surface area (Å²) >= 11 is 1.80. The molecular weight excluding hydrogens is 196 g/mol. The largest absolute Gasteiger partial charge is 0.377 e. The van der Waals surface area contributed by atoms with Crippen molar-refractivity contribution in [2.24, 2.45) is 0 Å². The van der Waals surface area contributed by atoms with Crippen molar-refractivity contribution in [2.75, 3.05) is 6.61 Å². The van der Waals surface area contributed by atoms with Gasteiger partial charge in [-0.25, -0.2) is 9.97 Å². The Labute approximate surface area is 88.3 Å². The maximum Gasteiger partial charge on any atom is 0.116 e. The molecule has 3 nitrogen and oxygen atoms in total. The minimum absolute atomic E-state index is 0.343. The van der Waals surface area contributed by atoms with Gasteiger partial charge in [0.05, 0.1) is 11.1 Å². The van der Waals surface area contributed by atoms with Crippen LogP contribution in [0.3, 0.4) is 0 Å². The highest BCUT2D eigenvalue weighted by atomic mass is 32.2. The fourth-order valence-electron chi connectivity index (χ4n) is 1.52. The van der Waals surface area contributed by atoms with Gasteiger partial charge in [0.25, 0.3) is 0 Å². The molecule has 14 heavy (non-hydrogen) atoms. The van der Waals surface area contributed by atoms with Crippen molar-refractivity contribution < 1.29 is 4.74 Å². The van der Waals surface area contributed by atoms with E-state index >= 15 is 0 Å². The van der Waals surface area contributed by atoms with E-state index in [4.69, 9.17) is 4.74 Å². The first-order valence-electron chi connectivity index (χ1n) is 4.82. The maximum atomic E-state index is 5.50. The molecule has 0 unspecified atom stereocenters. The number of hydrogen-bond acceptors (Lipinski definition) is 4. The van der Waals surface area contributed by atoms with Gasteiger partial charge < -0.3 is 4.74 Å². The molecule has 1 aromatic rings.